The third kappa shape index (κ3) is 4.91. The molecule has 0 saturated heterocycles. The molecular formula is C19H23FN2O2. The molecule has 1 heterocycles. The molecule has 0 fully saturated rings. The Balaban J connectivity index is 1.39. The number of nitrogens with one attached hydrogen (secondary N) is 1. The van der Waals surface area contributed by atoms with Crippen molar-refractivity contribution in [2.45, 2.75) is 51.0 Å². The molecule has 1 aromatic rings. The molecule has 0 saturated carbocycles. The van der Waals surface area contributed by atoms with Gasteiger partial charge in [0.2, 0.25) is 5.91 Å². The van der Waals surface area contributed by atoms with Gasteiger partial charge in [0.25, 0.3) is 0 Å². The minimum absolute atomic E-state index is 0.0466. The van der Waals surface area contributed by atoms with E-state index in [0.717, 1.165) is 24.1 Å². The van der Waals surface area contributed by atoms with Gasteiger partial charge in [-0.05, 0) is 43.4 Å². The fourth-order valence-corrected chi connectivity index (χ4v) is 3.14. The van der Waals surface area contributed by atoms with E-state index in [2.05, 4.69) is 16.5 Å². The number of amides is 1. The third-order valence-electron chi connectivity index (χ3n) is 4.39. The second kappa shape index (κ2) is 8.08. The second-order valence-electron chi connectivity index (χ2n) is 6.48. The highest BCUT2D eigenvalue weighted by molar-refractivity contribution is 5.87. The maximum atomic E-state index is 13.2. The van der Waals surface area contributed by atoms with Gasteiger partial charge in [0, 0.05) is 19.3 Å². The van der Waals surface area contributed by atoms with E-state index in [1.807, 2.05) is 6.07 Å². The monoisotopic (exact) mass is 330 g/mol. The van der Waals surface area contributed by atoms with Gasteiger partial charge >= 0.3 is 0 Å². The number of oxime groups is 1. The van der Waals surface area contributed by atoms with Crippen LogP contribution in [-0.2, 0) is 16.1 Å². The van der Waals surface area contributed by atoms with Crippen molar-refractivity contribution in [2.75, 3.05) is 6.54 Å². The van der Waals surface area contributed by atoms with Crippen LogP contribution in [0.5, 0.6) is 0 Å². The quantitative estimate of drug-likeness (QED) is 0.811. The zero-order valence-corrected chi connectivity index (χ0v) is 13.8. The summed E-state index contributed by atoms with van der Waals surface area (Å²) in [6, 6.07) is 6.50. The van der Waals surface area contributed by atoms with Crippen LogP contribution in [0.3, 0.4) is 0 Å². The van der Waals surface area contributed by atoms with Gasteiger partial charge in [0.15, 0.2) is 0 Å². The summed E-state index contributed by atoms with van der Waals surface area (Å²) in [7, 11) is 0. The molecule has 1 N–H and O–H groups in total. The van der Waals surface area contributed by atoms with E-state index >= 15 is 0 Å². The van der Waals surface area contributed by atoms with Gasteiger partial charge in [0.1, 0.15) is 11.9 Å². The molecule has 3 rings (SSSR count). The zero-order valence-electron chi connectivity index (χ0n) is 13.8. The van der Waals surface area contributed by atoms with Crippen molar-refractivity contribution in [3.05, 3.63) is 47.3 Å². The average molecular weight is 330 g/mol. The molecule has 0 spiro atoms. The number of carbonyl (C=O) groups excluding carboxylic acids is 1. The lowest BCUT2D eigenvalue weighted by atomic mass is 9.97. The first kappa shape index (κ1) is 16.7. The number of hydrogen-bond acceptors (Lipinski definition) is 3. The van der Waals surface area contributed by atoms with Gasteiger partial charge in [-0.15, -0.1) is 0 Å². The van der Waals surface area contributed by atoms with Crippen LogP contribution in [0, 0.1) is 5.82 Å². The molecule has 1 atom stereocenters. The number of rotatable bonds is 6. The lowest BCUT2D eigenvalue weighted by Gasteiger charge is -2.14. The van der Waals surface area contributed by atoms with Crippen LogP contribution in [-0.4, -0.2) is 24.3 Å². The summed E-state index contributed by atoms with van der Waals surface area (Å²) in [5.41, 5.74) is 3.01. The third-order valence-corrected chi connectivity index (χ3v) is 4.39. The van der Waals surface area contributed by atoms with Crippen molar-refractivity contribution in [3.63, 3.8) is 0 Å². The summed E-state index contributed by atoms with van der Waals surface area (Å²) >= 11 is 0. The predicted molar refractivity (Wildman–Crippen MR) is 91.2 cm³/mol. The van der Waals surface area contributed by atoms with Crippen molar-refractivity contribution in [1.82, 2.24) is 5.32 Å². The number of nitrogens with zero attached hydrogens (tertiary/aromatic N) is 1. The van der Waals surface area contributed by atoms with Crippen LogP contribution in [0.4, 0.5) is 4.39 Å². The number of allylic oxidation sites excluding steroid dienone is 1. The van der Waals surface area contributed by atoms with Crippen molar-refractivity contribution < 1.29 is 14.0 Å². The molecule has 1 aromatic carbocycles. The molecular weight excluding hydrogens is 307 g/mol. The van der Waals surface area contributed by atoms with Gasteiger partial charge in [-0.1, -0.05) is 28.9 Å². The summed E-state index contributed by atoms with van der Waals surface area (Å²) in [5.74, 6) is -0.196. The molecule has 0 aromatic heterocycles. The Labute approximate surface area is 141 Å². The fourth-order valence-electron chi connectivity index (χ4n) is 3.14. The molecule has 1 aliphatic carbocycles. The van der Waals surface area contributed by atoms with Crippen LogP contribution >= 0.6 is 0 Å². The molecule has 0 radical (unpaired) electrons. The summed E-state index contributed by atoms with van der Waals surface area (Å²) in [5, 5.41) is 6.99. The highest BCUT2D eigenvalue weighted by Gasteiger charge is 2.22. The van der Waals surface area contributed by atoms with Crippen molar-refractivity contribution >= 4 is 11.6 Å². The Morgan fingerprint density at radius 3 is 3.08 bits per heavy atom. The van der Waals surface area contributed by atoms with Crippen LogP contribution in [0.2, 0.25) is 0 Å². The number of carbonyl (C=O) groups is 1. The molecule has 24 heavy (non-hydrogen) atoms. The summed E-state index contributed by atoms with van der Waals surface area (Å²) in [4.78, 5) is 17.4. The Hall–Kier alpha value is -2.17. The van der Waals surface area contributed by atoms with Crippen molar-refractivity contribution in [1.29, 1.82) is 0 Å². The van der Waals surface area contributed by atoms with Crippen molar-refractivity contribution in [3.8, 4) is 0 Å². The summed E-state index contributed by atoms with van der Waals surface area (Å²) in [6.07, 6.45) is 8.33. The van der Waals surface area contributed by atoms with Crippen LogP contribution < -0.4 is 5.32 Å². The second-order valence-corrected chi connectivity index (χ2v) is 6.48. The van der Waals surface area contributed by atoms with E-state index in [4.69, 9.17) is 4.84 Å². The predicted octanol–water partition coefficient (Wildman–Crippen LogP) is 3.52. The van der Waals surface area contributed by atoms with E-state index in [1.54, 1.807) is 6.07 Å². The molecule has 128 valence electrons. The van der Waals surface area contributed by atoms with E-state index in [1.165, 1.54) is 30.5 Å². The standard InChI is InChI=1S/C19H23FN2O2/c20-16-8-4-7-15(9-16)10-17-12-18(24-22-17)13-21-19(23)11-14-5-2-1-3-6-14/h4-5,7-9,18H,1-3,6,10-13H2,(H,21,23)/t18-/m0/s1. The first-order valence-corrected chi connectivity index (χ1v) is 8.59. The maximum absolute atomic E-state index is 13.2. The molecule has 5 heteroatoms. The van der Waals surface area contributed by atoms with E-state index in [9.17, 15) is 9.18 Å². The Kier molecular flexibility index (Phi) is 5.62. The maximum Gasteiger partial charge on any atom is 0.224 e. The first-order chi connectivity index (χ1) is 11.7. The summed E-state index contributed by atoms with van der Waals surface area (Å²) in [6.45, 7) is 0.461. The Morgan fingerprint density at radius 2 is 2.29 bits per heavy atom. The van der Waals surface area contributed by atoms with Crippen LogP contribution in [0.15, 0.2) is 41.1 Å². The molecule has 4 nitrogen and oxygen atoms in total. The highest BCUT2D eigenvalue weighted by atomic mass is 19.1. The fraction of sp³-hybridized carbons (Fsp3) is 0.474. The number of hydrogen-bond donors (Lipinski definition) is 1. The topological polar surface area (TPSA) is 50.7 Å². The molecule has 1 amide bonds. The van der Waals surface area contributed by atoms with E-state index in [-0.39, 0.29) is 17.8 Å². The van der Waals surface area contributed by atoms with E-state index in [0.29, 0.717) is 25.8 Å². The number of benzene rings is 1. The Bertz CT molecular complexity index is 655. The average Bonchev–Trinajstić information content (AvgIpc) is 3.01. The van der Waals surface area contributed by atoms with Crippen LogP contribution in [0.25, 0.3) is 0 Å². The van der Waals surface area contributed by atoms with Crippen molar-refractivity contribution in [2.24, 2.45) is 5.16 Å². The SMILES string of the molecule is O=C(CC1=CCCCC1)NC[C@@H]1CC(Cc2cccc(F)c2)=NO1. The molecule has 0 bridgehead atoms. The lowest BCUT2D eigenvalue weighted by molar-refractivity contribution is -0.121. The smallest absolute Gasteiger partial charge is 0.224 e. The summed E-state index contributed by atoms with van der Waals surface area (Å²) < 4.78 is 13.2. The minimum Gasteiger partial charge on any atom is -0.390 e. The van der Waals surface area contributed by atoms with Crippen LogP contribution in [0.1, 0.15) is 44.1 Å². The van der Waals surface area contributed by atoms with Gasteiger partial charge in [0.05, 0.1) is 12.3 Å². The van der Waals surface area contributed by atoms with E-state index < -0.39 is 0 Å². The van der Waals surface area contributed by atoms with Gasteiger partial charge in [-0.25, -0.2) is 4.39 Å². The Morgan fingerprint density at radius 1 is 1.38 bits per heavy atom. The normalized spacial score (nSPS) is 20.1. The molecule has 2 aliphatic rings. The van der Waals surface area contributed by atoms with Gasteiger partial charge in [-0.3, -0.25) is 4.79 Å². The lowest BCUT2D eigenvalue weighted by Crippen LogP contribution is -2.32. The zero-order chi connectivity index (χ0) is 16.8. The largest absolute Gasteiger partial charge is 0.390 e. The first-order valence-electron chi connectivity index (χ1n) is 8.59. The molecule has 0 unspecified atom stereocenters. The van der Waals surface area contributed by atoms with Gasteiger partial charge < -0.3 is 10.2 Å². The highest BCUT2D eigenvalue weighted by Crippen LogP contribution is 2.20. The van der Waals surface area contributed by atoms with Gasteiger partial charge in [-0.2, -0.15) is 0 Å². The minimum atomic E-state index is -0.243. The molecule has 1 aliphatic heterocycles. The number of halogens is 1.